The number of aryl methyl sites for hydroxylation is 1. The first kappa shape index (κ1) is 27.3. The van der Waals surface area contributed by atoms with Gasteiger partial charge in [0.2, 0.25) is 5.91 Å². The maximum Gasteiger partial charge on any atom is 0.254 e. The van der Waals surface area contributed by atoms with Crippen molar-refractivity contribution in [2.45, 2.75) is 83.6 Å². The molecule has 0 bridgehead atoms. The first-order chi connectivity index (χ1) is 17.7. The van der Waals surface area contributed by atoms with E-state index in [2.05, 4.69) is 55.3 Å². The molecule has 1 heterocycles. The highest BCUT2D eigenvalue weighted by Crippen LogP contribution is 2.28. The zero-order valence-corrected chi connectivity index (χ0v) is 22.3. The summed E-state index contributed by atoms with van der Waals surface area (Å²) in [7, 11) is 0. The molecule has 0 radical (unpaired) electrons. The van der Waals surface area contributed by atoms with Gasteiger partial charge in [-0.25, -0.2) is 4.39 Å². The number of hydrogen-bond acceptors (Lipinski definition) is 4. The van der Waals surface area contributed by atoms with E-state index in [9.17, 15) is 14.0 Å². The first-order valence-corrected chi connectivity index (χ1v) is 13.6. The highest BCUT2D eigenvalue weighted by Gasteiger charge is 2.42. The molecule has 2 aromatic carbocycles. The molecule has 2 aromatic rings. The number of amides is 2. The summed E-state index contributed by atoms with van der Waals surface area (Å²) in [4.78, 5) is 31.3. The first-order valence-electron chi connectivity index (χ1n) is 13.6. The molecule has 7 heteroatoms. The van der Waals surface area contributed by atoms with Crippen molar-refractivity contribution in [3.05, 3.63) is 71.0 Å². The van der Waals surface area contributed by atoms with E-state index in [0.717, 1.165) is 38.8 Å². The third-order valence-electron chi connectivity index (χ3n) is 7.67. The van der Waals surface area contributed by atoms with E-state index in [4.69, 9.17) is 5.73 Å². The van der Waals surface area contributed by atoms with Crippen molar-refractivity contribution in [1.82, 2.24) is 15.1 Å². The Balaban J connectivity index is 1.56. The van der Waals surface area contributed by atoms with Crippen LogP contribution in [0.3, 0.4) is 0 Å². The van der Waals surface area contributed by atoms with Gasteiger partial charge in [0.1, 0.15) is 11.9 Å². The summed E-state index contributed by atoms with van der Waals surface area (Å²) >= 11 is 0. The number of hydrogen-bond donors (Lipinski definition) is 2. The van der Waals surface area contributed by atoms with Crippen LogP contribution >= 0.6 is 0 Å². The highest BCUT2D eigenvalue weighted by molar-refractivity contribution is 5.98. The monoisotopic (exact) mass is 508 g/mol. The molecule has 0 spiro atoms. The van der Waals surface area contributed by atoms with E-state index >= 15 is 0 Å². The van der Waals surface area contributed by atoms with Crippen LogP contribution in [0.1, 0.15) is 67.4 Å². The molecule has 1 saturated carbocycles. The summed E-state index contributed by atoms with van der Waals surface area (Å²) in [6.45, 7) is 8.55. The third kappa shape index (κ3) is 7.17. The van der Waals surface area contributed by atoms with E-state index in [1.165, 1.54) is 35.4 Å². The molecule has 1 aliphatic carbocycles. The maximum atomic E-state index is 13.6. The molecule has 2 aliphatic rings. The fourth-order valence-electron chi connectivity index (χ4n) is 5.61. The second-order valence-electron chi connectivity index (χ2n) is 11.3. The molecule has 4 rings (SSSR count). The van der Waals surface area contributed by atoms with Crippen LogP contribution in [0.2, 0.25) is 0 Å². The lowest BCUT2D eigenvalue weighted by molar-refractivity contribution is -0.125. The van der Waals surface area contributed by atoms with Crippen molar-refractivity contribution < 1.29 is 14.0 Å². The van der Waals surface area contributed by atoms with Crippen LogP contribution in [0.4, 0.5) is 4.39 Å². The Morgan fingerprint density at radius 1 is 1.05 bits per heavy atom. The number of nitrogens with zero attached hydrogens (tertiary/aromatic N) is 2. The van der Waals surface area contributed by atoms with Crippen LogP contribution < -0.4 is 11.1 Å². The minimum absolute atomic E-state index is 0.0450. The summed E-state index contributed by atoms with van der Waals surface area (Å²) in [5, 5.41) is 3.22. The van der Waals surface area contributed by atoms with Crippen LogP contribution in [-0.2, 0) is 11.3 Å². The maximum absolute atomic E-state index is 13.6. The Bertz CT molecular complexity index is 1050. The van der Waals surface area contributed by atoms with Crippen molar-refractivity contribution >= 4 is 11.8 Å². The average Bonchev–Trinajstić information content (AvgIpc) is 3.32. The van der Waals surface area contributed by atoms with Gasteiger partial charge in [-0.3, -0.25) is 14.5 Å². The SMILES string of the molecule is Cc1ccc(CN(CC(C)C)C2CC(C(=O)NC3CCC(N)CC3)N(C(=O)c3ccc(F)cc3)C2)cc1. The smallest absolute Gasteiger partial charge is 0.254 e. The van der Waals surface area contributed by atoms with Gasteiger partial charge < -0.3 is 16.0 Å². The molecular weight excluding hydrogens is 467 g/mol. The van der Waals surface area contributed by atoms with E-state index in [-0.39, 0.29) is 35.8 Å². The van der Waals surface area contributed by atoms with E-state index in [1.54, 1.807) is 4.90 Å². The Labute approximate surface area is 220 Å². The standard InChI is InChI=1S/C30H41FN4O2/c1-20(2)17-34(18-22-6-4-21(3)5-7-22)27-16-28(29(36)33-26-14-12-25(32)13-15-26)35(19-27)30(37)23-8-10-24(31)11-9-23/h4-11,20,25-28H,12-19,32H2,1-3H3,(H,33,36). The number of halogens is 1. The predicted molar refractivity (Wildman–Crippen MR) is 144 cm³/mol. The van der Waals surface area contributed by atoms with Gasteiger partial charge in [-0.2, -0.15) is 0 Å². The van der Waals surface area contributed by atoms with Crippen molar-refractivity contribution in [3.8, 4) is 0 Å². The molecule has 6 nitrogen and oxygen atoms in total. The van der Waals surface area contributed by atoms with Gasteiger partial charge in [-0.05, 0) is 74.8 Å². The topological polar surface area (TPSA) is 78.7 Å². The lowest BCUT2D eigenvalue weighted by atomic mass is 9.91. The summed E-state index contributed by atoms with van der Waals surface area (Å²) in [5.41, 5.74) is 8.89. The predicted octanol–water partition coefficient (Wildman–Crippen LogP) is 4.26. The van der Waals surface area contributed by atoms with Crippen LogP contribution in [-0.4, -0.2) is 58.9 Å². The lowest BCUT2D eigenvalue weighted by Gasteiger charge is -2.30. The summed E-state index contributed by atoms with van der Waals surface area (Å²) in [6.07, 6.45) is 4.09. The van der Waals surface area contributed by atoms with Crippen molar-refractivity contribution in [2.24, 2.45) is 11.7 Å². The zero-order chi connectivity index (χ0) is 26.5. The minimum Gasteiger partial charge on any atom is -0.352 e. The van der Waals surface area contributed by atoms with Crippen molar-refractivity contribution in [1.29, 1.82) is 0 Å². The van der Waals surface area contributed by atoms with Gasteiger partial charge in [-0.15, -0.1) is 0 Å². The molecule has 2 atom stereocenters. The number of rotatable bonds is 8. The fourth-order valence-corrected chi connectivity index (χ4v) is 5.61. The lowest BCUT2D eigenvalue weighted by Crippen LogP contribution is -2.50. The molecule has 3 N–H and O–H groups in total. The van der Waals surface area contributed by atoms with Gasteiger partial charge in [-0.1, -0.05) is 43.7 Å². The molecule has 0 aromatic heterocycles. The van der Waals surface area contributed by atoms with Crippen LogP contribution in [0.5, 0.6) is 0 Å². The van der Waals surface area contributed by atoms with Crippen molar-refractivity contribution in [3.63, 3.8) is 0 Å². The Kier molecular flexibility index (Phi) is 8.98. The minimum atomic E-state index is -0.564. The van der Waals surface area contributed by atoms with Gasteiger partial charge in [0, 0.05) is 43.3 Å². The second kappa shape index (κ2) is 12.2. The van der Waals surface area contributed by atoms with Crippen LogP contribution in [0, 0.1) is 18.7 Å². The summed E-state index contributed by atoms with van der Waals surface area (Å²) in [6, 6.07) is 13.9. The quantitative estimate of drug-likeness (QED) is 0.559. The van der Waals surface area contributed by atoms with E-state index in [0.29, 0.717) is 24.4 Å². The number of carbonyl (C=O) groups is 2. The van der Waals surface area contributed by atoms with Gasteiger partial charge in [0.25, 0.3) is 5.91 Å². The Morgan fingerprint density at radius 2 is 1.70 bits per heavy atom. The number of carbonyl (C=O) groups excluding carboxylic acids is 2. The third-order valence-corrected chi connectivity index (χ3v) is 7.67. The number of benzene rings is 2. The van der Waals surface area contributed by atoms with Gasteiger partial charge in [0.05, 0.1) is 0 Å². The second-order valence-corrected chi connectivity index (χ2v) is 11.3. The molecular formula is C30H41FN4O2. The molecule has 1 saturated heterocycles. The summed E-state index contributed by atoms with van der Waals surface area (Å²) in [5.74, 6) is -0.278. The van der Waals surface area contributed by atoms with Crippen LogP contribution in [0.15, 0.2) is 48.5 Å². The largest absolute Gasteiger partial charge is 0.352 e. The van der Waals surface area contributed by atoms with Crippen molar-refractivity contribution in [2.75, 3.05) is 13.1 Å². The Hall–Kier alpha value is -2.77. The fraction of sp³-hybridized carbons (Fsp3) is 0.533. The molecule has 1 aliphatic heterocycles. The number of nitrogens with one attached hydrogen (secondary N) is 1. The van der Waals surface area contributed by atoms with Gasteiger partial charge in [0.15, 0.2) is 0 Å². The van der Waals surface area contributed by atoms with E-state index in [1.807, 2.05) is 0 Å². The van der Waals surface area contributed by atoms with Gasteiger partial charge >= 0.3 is 0 Å². The molecule has 37 heavy (non-hydrogen) atoms. The highest BCUT2D eigenvalue weighted by atomic mass is 19.1. The zero-order valence-electron chi connectivity index (χ0n) is 22.3. The molecule has 200 valence electrons. The number of nitrogens with two attached hydrogens (primary N) is 1. The molecule has 2 amide bonds. The number of likely N-dealkylation sites (tertiary alicyclic amines) is 1. The molecule has 2 fully saturated rings. The molecule has 2 unspecified atom stereocenters. The summed E-state index contributed by atoms with van der Waals surface area (Å²) < 4.78 is 13.5. The average molecular weight is 509 g/mol. The van der Waals surface area contributed by atoms with E-state index < -0.39 is 6.04 Å². The van der Waals surface area contributed by atoms with Crippen LogP contribution in [0.25, 0.3) is 0 Å². The Morgan fingerprint density at radius 3 is 2.32 bits per heavy atom. The normalized spacial score (nSPS) is 24.0.